The van der Waals surface area contributed by atoms with Gasteiger partial charge in [-0.25, -0.2) is 9.38 Å². The molecule has 2 aromatic rings. The molecule has 0 bridgehead atoms. The number of amides is 1. The molecule has 1 amide bonds. The van der Waals surface area contributed by atoms with Crippen molar-refractivity contribution in [2.45, 2.75) is 50.3 Å². The molecular formula is C26H28FN3O3S. The molecular weight excluding hydrogens is 453 g/mol. The van der Waals surface area contributed by atoms with Gasteiger partial charge in [-0.1, -0.05) is 56.0 Å². The SMILES string of the molecule is COc1cc2c(cc1OC)C1=NC(=O)[C@@H](CC3CCCCC3)N1C(SCc1ccc(F)cc1)=N2. The Labute approximate surface area is 203 Å². The fourth-order valence-electron chi connectivity index (χ4n) is 4.98. The van der Waals surface area contributed by atoms with Crippen LogP contribution in [0.4, 0.5) is 10.1 Å². The summed E-state index contributed by atoms with van der Waals surface area (Å²) in [6.07, 6.45) is 6.81. The number of amidine groups is 2. The number of hydrogen-bond donors (Lipinski definition) is 0. The van der Waals surface area contributed by atoms with Crippen molar-refractivity contribution in [1.29, 1.82) is 0 Å². The highest BCUT2D eigenvalue weighted by Gasteiger charge is 2.43. The van der Waals surface area contributed by atoms with Crippen molar-refractivity contribution < 1.29 is 18.7 Å². The summed E-state index contributed by atoms with van der Waals surface area (Å²) < 4.78 is 24.3. The predicted molar refractivity (Wildman–Crippen MR) is 133 cm³/mol. The van der Waals surface area contributed by atoms with E-state index < -0.39 is 0 Å². The zero-order valence-corrected chi connectivity index (χ0v) is 20.2. The Morgan fingerprint density at radius 3 is 2.44 bits per heavy atom. The number of halogens is 1. The lowest BCUT2D eigenvalue weighted by molar-refractivity contribution is -0.120. The lowest BCUT2D eigenvalue weighted by Gasteiger charge is -2.33. The van der Waals surface area contributed by atoms with Gasteiger partial charge in [0.2, 0.25) is 0 Å². The van der Waals surface area contributed by atoms with Crippen molar-refractivity contribution in [3.63, 3.8) is 0 Å². The second-order valence-electron chi connectivity index (χ2n) is 8.93. The highest BCUT2D eigenvalue weighted by molar-refractivity contribution is 8.13. The topological polar surface area (TPSA) is 63.5 Å². The summed E-state index contributed by atoms with van der Waals surface area (Å²) in [4.78, 5) is 24.6. The molecule has 1 aliphatic carbocycles. The van der Waals surface area contributed by atoms with Crippen LogP contribution in [-0.2, 0) is 10.5 Å². The summed E-state index contributed by atoms with van der Waals surface area (Å²) in [5, 5.41) is 0.731. The van der Waals surface area contributed by atoms with Crippen LogP contribution in [0.25, 0.3) is 0 Å². The van der Waals surface area contributed by atoms with Gasteiger partial charge in [0.25, 0.3) is 5.91 Å². The number of ether oxygens (including phenoxy) is 2. The lowest BCUT2D eigenvalue weighted by Crippen LogP contribution is -2.44. The zero-order chi connectivity index (χ0) is 23.7. The quantitative estimate of drug-likeness (QED) is 0.529. The molecule has 5 rings (SSSR count). The van der Waals surface area contributed by atoms with Crippen molar-refractivity contribution >= 4 is 34.4 Å². The predicted octanol–water partition coefficient (Wildman–Crippen LogP) is 5.71. The van der Waals surface area contributed by atoms with Gasteiger partial charge in [0.1, 0.15) is 17.7 Å². The van der Waals surface area contributed by atoms with Gasteiger partial charge in [-0.05, 0) is 36.1 Å². The van der Waals surface area contributed by atoms with Gasteiger partial charge in [-0.15, -0.1) is 0 Å². The van der Waals surface area contributed by atoms with Crippen molar-refractivity contribution in [1.82, 2.24) is 4.90 Å². The van der Waals surface area contributed by atoms with Gasteiger partial charge in [-0.3, -0.25) is 9.69 Å². The maximum absolute atomic E-state index is 13.4. The summed E-state index contributed by atoms with van der Waals surface area (Å²) in [6, 6.07) is 9.80. The number of hydrogen-bond acceptors (Lipinski definition) is 6. The van der Waals surface area contributed by atoms with Crippen LogP contribution in [0, 0.1) is 11.7 Å². The minimum Gasteiger partial charge on any atom is -0.493 e. The Morgan fingerprint density at radius 2 is 1.74 bits per heavy atom. The number of carbonyl (C=O) groups is 1. The van der Waals surface area contributed by atoms with E-state index in [1.807, 2.05) is 17.0 Å². The number of aliphatic imine (C=N–C) groups is 2. The summed E-state index contributed by atoms with van der Waals surface area (Å²) >= 11 is 1.54. The molecule has 1 fully saturated rings. The van der Waals surface area contributed by atoms with Crippen molar-refractivity contribution in [3.8, 4) is 11.5 Å². The molecule has 6 nitrogen and oxygen atoms in total. The molecule has 0 unspecified atom stereocenters. The van der Waals surface area contributed by atoms with Crippen molar-refractivity contribution in [2.24, 2.45) is 15.9 Å². The summed E-state index contributed by atoms with van der Waals surface area (Å²) in [7, 11) is 3.18. The number of benzene rings is 2. The molecule has 2 aromatic carbocycles. The van der Waals surface area contributed by atoms with Crippen LogP contribution in [0.15, 0.2) is 46.4 Å². The third-order valence-corrected chi connectivity index (χ3v) is 7.79. The van der Waals surface area contributed by atoms with Gasteiger partial charge >= 0.3 is 0 Å². The van der Waals surface area contributed by atoms with Crippen LogP contribution in [0.5, 0.6) is 11.5 Å². The van der Waals surface area contributed by atoms with Crippen LogP contribution < -0.4 is 9.47 Å². The fraction of sp³-hybridized carbons (Fsp3) is 0.423. The van der Waals surface area contributed by atoms with Crippen LogP contribution in [0.3, 0.4) is 0 Å². The van der Waals surface area contributed by atoms with E-state index in [2.05, 4.69) is 4.99 Å². The van der Waals surface area contributed by atoms with Gasteiger partial charge in [-0.2, -0.15) is 4.99 Å². The summed E-state index contributed by atoms with van der Waals surface area (Å²) in [6.45, 7) is 0. The molecule has 34 heavy (non-hydrogen) atoms. The van der Waals surface area contributed by atoms with E-state index in [0.717, 1.165) is 35.6 Å². The van der Waals surface area contributed by atoms with E-state index >= 15 is 0 Å². The standard InChI is InChI=1S/C26H28FN3O3S/c1-32-22-13-19-20(14-23(22)33-2)28-26(34-15-17-8-10-18(27)11-9-17)30-21(25(31)29-24(19)30)12-16-6-4-3-5-7-16/h8-11,13-14,16,21H,3-7,12,15H2,1-2H3/t21-/m1/s1. The van der Waals surface area contributed by atoms with Crippen molar-refractivity contribution in [2.75, 3.05) is 14.2 Å². The minimum absolute atomic E-state index is 0.113. The van der Waals surface area contributed by atoms with E-state index in [-0.39, 0.29) is 17.8 Å². The van der Waals surface area contributed by atoms with E-state index in [9.17, 15) is 9.18 Å². The first-order valence-corrected chi connectivity index (χ1v) is 12.7. The van der Waals surface area contributed by atoms with Crippen LogP contribution >= 0.6 is 11.8 Å². The van der Waals surface area contributed by atoms with E-state index in [0.29, 0.717) is 34.7 Å². The first kappa shape index (κ1) is 22.9. The summed E-state index contributed by atoms with van der Waals surface area (Å²) in [5.41, 5.74) is 2.45. The molecule has 8 heteroatoms. The molecule has 1 saturated carbocycles. The van der Waals surface area contributed by atoms with E-state index in [4.69, 9.17) is 14.5 Å². The smallest absolute Gasteiger partial charge is 0.270 e. The van der Waals surface area contributed by atoms with Gasteiger partial charge in [0.15, 0.2) is 16.7 Å². The number of thioether (sulfide) groups is 1. The number of rotatable bonds is 6. The Balaban J connectivity index is 1.50. The Kier molecular flexibility index (Phi) is 6.59. The number of nitrogens with zero attached hydrogens (tertiary/aromatic N) is 3. The summed E-state index contributed by atoms with van der Waals surface area (Å²) in [5.74, 6) is 2.53. The average molecular weight is 482 g/mol. The third-order valence-electron chi connectivity index (χ3n) is 6.77. The Morgan fingerprint density at radius 1 is 1.03 bits per heavy atom. The minimum atomic E-state index is -0.348. The molecule has 2 heterocycles. The van der Waals surface area contributed by atoms with E-state index in [1.165, 1.54) is 43.2 Å². The van der Waals surface area contributed by atoms with Crippen LogP contribution in [0.1, 0.15) is 49.7 Å². The fourth-order valence-corrected chi connectivity index (χ4v) is 5.98. The molecule has 178 valence electrons. The first-order chi connectivity index (χ1) is 16.6. The van der Waals surface area contributed by atoms with Crippen LogP contribution in [0.2, 0.25) is 0 Å². The highest BCUT2D eigenvalue weighted by atomic mass is 32.2. The number of fused-ring (bicyclic) bond motifs is 3. The number of carbonyl (C=O) groups excluding carboxylic acids is 1. The maximum atomic E-state index is 13.4. The van der Waals surface area contributed by atoms with Gasteiger partial charge < -0.3 is 9.47 Å². The molecule has 1 atom stereocenters. The third kappa shape index (κ3) is 4.43. The maximum Gasteiger partial charge on any atom is 0.270 e. The monoisotopic (exact) mass is 481 g/mol. The highest BCUT2D eigenvalue weighted by Crippen LogP contribution is 2.42. The molecule has 0 aromatic heterocycles. The molecule has 3 aliphatic rings. The zero-order valence-electron chi connectivity index (χ0n) is 19.4. The largest absolute Gasteiger partial charge is 0.493 e. The molecule has 0 spiro atoms. The Bertz CT molecular complexity index is 1140. The van der Waals surface area contributed by atoms with Crippen LogP contribution in [-0.4, -0.2) is 42.1 Å². The second-order valence-corrected chi connectivity index (χ2v) is 9.88. The number of methoxy groups -OCH3 is 2. The first-order valence-electron chi connectivity index (χ1n) is 11.7. The molecule has 0 radical (unpaired) electrons. The molecule has 0 saturated heterocycles. The second kappa shape index (κ2) is 9.78. The normalized spacial score (nSPS) is 19.9. The Hall–Kier alpha value is -2.87. The molecule has 0 N–H and O–H groups in total. The van der Waals surface area contributed by atoms with Gasteiger partial charge in [0.05, 0.1) is 19.9 Å². The lowest BCUT2D eigenvalue weighted by atomic mass is 9.84. The molecule has 2 aliphatic heterocycles. The van der Waals surface area contributed by atoms with E-state index in [1.54, 1.807) is 26.4 Å². The van der Waals surface area contributed by atoms with Crippen molar-refractivity contribution in [3.05, 3.63) is 53.3 Å². The average Bonchev–Trinajstić information content (AvgIpc) is 3.19. The van der Waals surface area contributed by atoms with Gasteiger partial charge in [0, 0.05) is 17.4 Å².